The van der Waals surface area contributed by atoms with E-state index < -0.39 is 0 Å². The molecule has 5 nitrogen and oxygen atoms in total. The minimum absolute atomic E-state index is 0.0227. The second-order valence-corrected chi connectivity index (χ2v) is 4.23. The molecular formula is C12H20N2O3. The van der Waals surface area contributed by atoms with Crippen LogP contribution in [0.15, 0.2) is 4.52 Å². The molecule has 1 heterocycles. The molecule has 17 heavy (non-hydrogen) atoms. The van der Waals surface area contributed by atoms with Gasteiger partial charge in [0.1, 0.15) is 5.76 Å². The first-order valence-corrected chi connectivity index (χ1v) is 5.74. The number of amides is 1. The van der Waals surface area contributed by atoms with Crippen molar-refractivity contribution in [3.05, 3.63) is 17.0 Å². The van der Waals surface area contributed by atoms with Crippen LogP contribution in [-0.4, -0.2) is 30.8 Å². The van der Waals surface area contributed by atoms with E-state index in [-0.39, 0.29) is 11.9 Å². The monoisotopic (exact) mass is 240 g/mol. The van der Waals surface area contributed by atoms with E-state index in [0.717, 1.165) is 17.0 Å². The molecule has 0 aliphatic heterocycles. The molecule has 5 heteroatoms. The van der Waals surface area contributed by atoms with E-state index in [1.807, 2.05) is 20.8 Å². The van der Waals surface area contributed by atoms with E-state index in [0.29, 0.717) is 19.4 Å². The van der Waals surface area contributed by atoms with Crippen LogP contribution in [0.4, 0.5) is 0 Å². The molecule has 0 bridgehead atoms. The minimum atomic E-state index is 0.0227. The summed E-state index contributed by atoms with van der Waals surface area (Å²) in [6.45, 7) is 6.19. The van der Waals surface area contributed by atoms with Crippen molar-refractivity contribution in [3.63, 3.8) is 0 Å². The summed E-state index contributed by atoms with van der Waals surface area (Å²) >= 11 is 0. The second-order valence-electron chi connectivity index (χ2n) is 4.23. The van der Waals surface area contributed by atoms with Crippen molar-refractivity contribution >= 4 is 5.91 Å². The van der Waals surface area contributed by atoms with E-state index in [1.54, 1.807) is 7.11 Å². The van der Waals surface area contributed by atoms with Gasteiger partial charge in [-0.25, -0.2) is 0 Å². The SMILES string of the molecule is COC[C@H](C)NC(=O)CCc1c(C)noc1C. The summed E-state index contributed by atoms with van der Waals surface area (Å²) in [4.78, 5) is 11.6. The van der Waals surface area contributed by atoms with Crippen molar-refractivity contribution in [2.24, 2.45) is 0 Å². The van der Waals surface area contributed by atoms with E-state index in [9.17, 15) is 4.79 Å². The van der Waals surface area contributed by atoms with Crippen LogP contribution in [-0.2, 0) is 16.0 Å². The third kappa shape index (κ3) is 4.19. The Labute approximate surface area is 102 Å². The normalized spacial score (nSPS) is 12.5. The van der Waals surface area contributed by atoms with Crippen LogP contribution in [0.2, 0.25) is 0 Å². The highest BCUT2D eigenvalue weighted by Gasteiger charge is 2.12. The first-order valence-electron chi connectivity index (χ1n) is 5.74. The summed E-state index contributed by atoms with van der Waals surface area (Å²) in [7, 11) is 1.62. The fourth-order valence-electron chi connectivity index (χ4n) is 1.74. The molecule has 0 spiro atoms. The van der Waals surface area contributed by atoms with Gasteiger partial charge in [0.2, 0.25) is 5.91 Å². The topological polar surface area (TPSA) is 64.4 Å². The van der Waals surface area contributed by atoms with Gasteiger partial charge in [0.15, 0.2) is 0 Å². The molecule has 1 rings (SSSR count). The molecule has 0 aromatic carbocycles. The lowest BCUT2D eigenvalue weighted by molar-refractivity contribution is -0.122. The van der Waals surface area contributed by atoms with Crippen molar-refractivity contribution in [2.75, 3.05) is 13.7 Å². The van der Waals surface area contributed by atoms with Crippen LogP contribution in [0.1, 0.15) is 30.4 Å². The number of rotatable bonds is 6. The largest absolute Gasteiger partial charge is 0.383 e. The third-order valence-corrected chi connectivity index (χ3v) is 2.61. The molecule has 0 aliphatic carbocycles. The van der Waals surface area contributed by atoms with Gasteiger partial charge in [0.05, 0.1) is 12.3 Å². The van der Waals surface area contributed by atoms with E-state index in [1.165, 1.54) is 0 Å². The minimum Gasteiger partial charge on any atom is -0.383 e. The molecule has 1 atom stereocenters. The molecule has 0 aliphatic rings. The lowest BCUT2D eigenvalue weighted by Gasteiger charge is -2.12. The first kappa shape index (κ1) is 13.7. The standard InChI is InChI=1S/C12H20N2O3/c1-8(7-16-4)13-12(15)6-5-11-9(2)14-17-10(11)3/h8H,5-7H2,1-4H3,(H,13,15)/t8-/m0/s1. The van der Waals surface area contributed by atoms with Crippen molar-refractivity contribution in [2.45, 2.75) is 39.7 Å². The lowest BCUT2D eigenvalue weighted by Crippen LogP contribution is -2.35. The average molecular weight is 240 g/mol. The number of aromatic nitrogens is 1. The fourth-order valence-corrected chi connectivity index (χ4v) is 1.74. The van der Waals surface area contributed by atoms with Crippen molar-refractivity contribution in [1.29, 1.82) is 0 Å². The molecule has 1 aromatic rings. The summed E-state index contributed by atoms with van der Waals surface area (Å²) in [5.74, 6) is 0.815. The Bertz CT molecular complexity index is 354. The number of methoxy groups -OCH3 is 1. The maximum absolute atomic E-state index is 11.6. The molecule has 0 radical (unpaired) electrons. The zero-order valence-electron chi connectivity index (χ0n) is 10.9. The van der Waals surface area contributed by atoms with Gasteiger partial charge in [-0.15, -0.1) is 0 Å². The number of nitrogens with zero attached hydrogens (tertiary/aromatic N) is 1. The smallest absolute Gasteiger partial charge is 0.220 e. The van der Waals surface area contributed by atoms with Crippen LogP contribution < -0.4 is 5.32 Å². The molecule has 0 fully saturated rings. The van der Waals surface area contributed by atoms with Gasteiger partial charge >= 0.3 is 0 Å². The van der Waals surface area contributed by atoms with Crippen LogP contribution in [0.5, 0.6) is 0 Å². The summed E-state index contributed by atoms with van der Waals surface area (Å²) in [5, 5.41) is 6.72. The second kappa shape index (κ2) is 6.39. The number of hydrogen-bond donors (Lipinski definition) is 1. The Morgan fingerprint density at radius 3 is 2.76 bits per heavy atom. The number of hydrogen-bond acceptors (Lipinski definition) is 4. The van der Waals surface area contributed by atoms with Gasteiger partial charge in [-0.3, -0.25) is 4.79 Å². The number of carbonyl (C=O) groups excluding carboxylic acids is 1. The maximum Gasteiger partial charge on any atom is 0.220 e. The zero-order chi connectivity index (χ0) is 12.8. The molecule has 1 amide bonds. The fraction of sp³-hybridized carbons (Fsp3) is 0.667. The molecule has 0 unspecified atom stereocenters. The molecule has 96 valence electrons. The number of carbonyl (C=O) groups is 1. The van der Waals surface area contributed by atoms with Crippen LogP contribution in [0, 0.1) is 13.8 Å². The predicted octanol–water partition coefficient (Wildman–Crippen LogP) is 1.38. The molecule has 0 saturated carbocycles. The van der Waals surface area contributed by atoms with Gasteiger partial charge in [-0.05, 0) is 27.2 Å². The van der Waals surface area contributed by atoms with E-state index >= 15 is 0 Å². The Kier molecular flexibility index (Phi) is 5.15. The van der Waals surface area contributed by atoms with Gasteiger partial charge in [-0.2, -0.15) is 0 Å². The van der Waals surface area contributed by atoms with Gasteiger partial charge in [-0.1, -0.05) is 5.16 Å². The van der Waals surface area contributed by atoms with Crippen molar-refractivity contribution in [3.8, 4) is 0 Å². The number of aryl methyl sites for hydroxylation is 2. The Morgan fingerprint density at radius 1 is 1.53 bits per heavy atom. The van der Waals surface area contributed by atoms with Crippen LogP contribution in [0.25, 0.3) is 0 Å². The first-order chi connectivity index (χ1) is 8.04. The highest BCUT2D eigenvalue weighted by Crippen LogP contribution is 2.14. The summed E-state index contributed by atoms with van der Waals surface area (Å²) in [6, 6.07) is 0.0390. The highest BCUT2D eigenvalue weighted by atomic mass is 16.5. The predicted molar refractivity (Wildman–Crippen MR) is 63.8 cm³/mol. The van der Waals surface area contributed by atoms with Gasteiger partial charge in [0, 0.05) is 25.1 Å². The highest BCUT2D eigenvalue weighted by molar-refractivity contribution is 5.76. The zero-order valence-corrected chi connectivity index (χ0v) is 10.9. The van der Waals surface area contributed by atoms with Crippen molar-refractivity contribution < 1.29 is 14.1 Å². The van der Waals surface area contributed by atoms with Gasteiger partial charge in [0.25, 0.3) is 0 Å². The summed E-state index contributed by atoms with van der Waals surface area (Å²) in [5.41, 5.74) is 1.89. The Hall–Kier alpha value is -1.36. The third-order valence-electron chi connectivity index (χ3n) is 2.61. The quantitative estimate of drug-likeness (QED) is 0.815. The molecular weight excluding hydrogens is 220 g/mol. The van der Waals surface area contributed by atoms with Crippen LogP contribution >= 0.6 is 0 Å². The Balaban J connectivity index is 2.38. The Morgan fingerprint density at radius 2 is 2.24 bits per heavy atom. The summed E-state index contributed by atoms with van der Waals surface area (Å²) < 4.78 is 10.00. The number of nitrogens with one attached hydrogen (secondary N) is 1. The molecule has 0 saturated heterocycles. The van der Waals surface area contributed by atoms with Gasteiger partial charge < -0.3 is 14.6 Å². The summed E-state index contributed by atoms with van der Waals surface area (Å²) in [6.07, 6.45) is 1.10. The average Bonchev–Trinajstić information content (AvgIpc) is 2.56. The molecule has 1 N–H and O–H groups in total. The van der Waals surface area contributed by atoms with Crippen molar-refractivity contribution in [1.82, 2.24) is 10.5 Å². The lowest BCUT2D eigenvalue weighted by atomic mass is 10.1. The maximum atomic E-state index is 11.6. The van der Waals surface area contributed by atoms with E-state index in [4.69, 9.17) is 9.26 Å². The number of ether oxygens (including phenoxy) is 1. The van der Waals surface area contributed by atoms with Crippen LogP contribution in [0.3, 0.4) is 0 Å². The molecule has 1 aromatic heterocycles. The van der Waals surface area contributed by atoms with E-state index in [2.05, 4.69) is 10.5 Å².